The van der Waals surface area contributed by atoms with Crippen molar-refractivity contribution in [3.8, 4) is 0 Å². The van der Waals surface area contributed by atoms with Crippen molar-refractivity contribution in [1.29, 1.82) is 0 Å². The van der Waals surface area contributed by atoms with E-state index in [2.05, 4.69) is 44.7 Å². The molecular formula is C14H21BrN4. The second kappa shape index (κ2) is 6.91. The number of aryl methyl sites for hydroxylation is 1. The summed E-state index contributed by atoms with van der Waals surface area (Å²) in [4.78, 5) is 4.66. The Kier molecular flexibility index (Phi) is 5.22. The highest BCUT2D eigenvalue weighted by Crippen LogP contribution is 2.22. The molecule has 0 unspecified atom stereocenters. The Balaban J connectivity index is 2.05. The smallest absolute Gasteiger partial charge is 0.210 e. The number of nitrogens with two attached hydrogens (primary N) is 1. The summed E-state index contributed by atoms with van der Waals surface area (Å²) in [7, 11) is 0. The summed E-state index contributed by atoms with van der Waals surface area (Å²) in [5, 5.41) is 3.23. The average molecular weight is 325 g/mol. The van der Waals surface area contributed by atoms with E-state index in [-0.39, 0.29) is 0 Å². The molecule has 0 radical (unpaired) electrons. The van der Waals surface area contributed by atoms with Crippen molar-refractivity contribution >= 4 is 27.6 Å². The van der Waals surface area contributed by atoms with Gasteiger partial charge >= 0.3 is 0 Å². The number of hydrogen-bond acceptors (Lipinski definition) is 2. The van der Waals surface area contributed by atoms with Gasteiger partial charge in [0.2, 0.25) is 5.96 Å². The topological polar surface area (TPSA) is 62.4 Å². The van der Waals surface area contributed by atoms with Crippen molar-refractivity contribution in [3.63, 3.8) is 0 Å². The standard InChI is InChI=1S/C14H21BrN4/c1-10-7-8-12(9-13(10)15)18-14(19-16)17-11-5-3-2-4-6-11/h7-9,11H,2-6,16H2,1H3,(H2,17,18,19). The number of anilines is 1. The highest BCUT2D eigenvalue weighted by atomic mass is 79.9. The molecule has 1 saturated carbocycles. The van der Waals surface area contributed by atoms with E-state index in [0.29, 0.717) is 12.0 Å². The second-order valence-corrected chi connectivity index (χ2v) is 5.86. The molecule has 104 valence electrons. The van der Waals surface area contributed by atoms with E-state index in [1.165, 1.54) is 24.8 Å². The molecule has 1 aromatic carbocycles. The summed E-state index contributed by atoms with van der Waals surface area (Å²) >= 11 is 3.52. The van der Waals surface area contributed by atoms with E-state index in [0.717, 1.165) is 23.0 Å². The van der Waals surface area contributed by atoms with Gasteiger partial charge in [0.25, 0.3) is 0 Å². The molecule has 4 N–H and O–H groups in total. The zero-order valence-corrected chi connectivity index (χ0v) is 12.8. The van der Waals surface area contributed by atoms with Crippen molar-refractivity contribution in [1.82, 2.24) is 5.43 Å². The molecule has 0 aliphatic heterocycles. The van der Waals surface area contributed by atoms with E-state index < -0.39 is 0 Å². The fourth-order valence-corrected chi connectivity index (χ4v) is 2.68. The lowest BCUT2D eigenvalue weighted by molar-refractivity contribution is 0.442. The van der Waals surface area contributed by atoms with Gasteiger partial charge in [0.15, 0.2) is 0 Å². The summed E-state index contributed by atoms with van der Waals surface area (Å²) in [5.74, 6) is 6.19. The average Bonchev–Trinajstić information content (AvgIpc) is 2.43. The number of nitrogens with zero attached hydrogens (tertiary/aromatic N) is 1. The number of guanidine groups is 1. The Hall–Kier alpha value is -1.07. The molecule has 0 amide bonds. The number of halogens is 1. The van der Waals surface area contributed by atoms with Gasteiger partial charge in [0, 0.05) is 10.2 Å². The molecule has 0 atom stereocenters. The predicted octanol–water partition coefficient (Wildman–Crippen LogP) is 3.32. The maximum atomic E-state index is 5.55. The maximum absolute atomic E-state index is 5.55. The zero-order valence-electron chi connectivity index (χ0n) is 11.2. The molecule has 0 spiro atoms. The predicted molar refractivity (Wildman–Crippen MR) is 84.1 cm³/mol. The van der Waals surface area contributed by atoms with Crippen LogP contribution < -0.4 is 16.6 Å². The summed E-state index contributed by atoms with van der Waals surface area (Å²) in [6.07, 6.45) is 6.18. The quantitative estimate of drug-likeness (QED) is 0.338. The number of hydrogen-bond donors (Lipinski definition) is 3. The summed E-state index contributed by atoms with van der Waals surface area (Å²) in [6, 6.07) is 6.50. The van der Waals surface area contributed by atoms with Gasteiger partial charge in [-0.1, -0.05) is 41.3 Å². The lowest BCUT2D eigenvalue weighted by Gasteiger charge is -2.19. The van der Waals surface area contributed by atoms with Gasteiger partial charge in [-0.2, -0.15) is 0 Å². The molecule has 4 nitrogen and oxygen atoms in total. The summed E-state index contributed by atoms with van der Waals surface area (Å²) in [5.41, 5.74) is 4.84. The molecule has 5 heteroatoms. The van der Waals surface area contributed by atoms with Crippen molar-refractivity contribution in [2.45, 2.75) is 45.1 Å². The van der Waals surface area contributed by atoms with Crippen molar-refractivity contribution in [2.24, 2.45) is 10.8 Å². The van der Waals surface area contributed by atoms with Crippen molar-refractivity contribution < 1.29 is 0 Å². The minimum absolute atomic E-state index is 0.390. The SMILES string of the molecule is Cc1ccc(NC(=NC2CCCCC2)NN)cc1Br. The summed E-state index contributed by atoms with van der Waals surface area (Å²) < 4.78 is 1.08. The Bertz CT molecular complexity index is 453. The Labute approximate surface area is 123 Å². The van der Waals surface area contributed by atoms with E-state index in [9.17, 15) is 0 Å². The zero-order chi connectivity index (χ0) is 13.7. The third-order valence-electron chi connectivity index (χ3n) is 3.46. The summed E-state index contributed by atoms with van der Waals surface area (Å²) in [6.45, 7) is 2.06. The molecule has 1 aliphatic rings. The van der Waals surface area contributed by atoms with Crippen LogP contribution in [0.15, 0.2) is 27.7 Å². The normalized spacial score (nSPS) is 17.3. The van der Waals surface area contributed by atoms with E-state index in [4.69, 9.17) is 5.84 Å². The third-order valence-corrected chi connectivity index (χ3v) is 4.31. The molecule has 2 rings (SSSR count). The molecule has 1 aliphatic carbocycles. The van der Waals surface area contributed by atoms with Crippen molar-refractivity contribution in [2.75, 3.05) is 5.32 Å². The van der Waals surface area contributed by atoms with Crippen molar-refractivity contribution in [3.05, 3.63) is 28.2 Å². The third kappa shape index (κ3) is 4.21. The largest absolute Gasteiger partial charge is 0.325 e. The van der Waals surface area contributed by atoms with Crippen LogP contribution >= 0.6 is 15.9 Å². The van der Waals surface area contributed by atoms with Gasteiger partial charge in [-0.15, -0.1) is 0 Å². The molecule has 0 bridgehead atoms. The minimum atomic E-state index is 0.390. The molecule has 1 fully saturated rings. The van der Waals surface area contributed by atoms with Gasteiger partial charge < -0.3 is 5.32 Å². The van der Waals surface area contributed by atoms with Crippen LogP contribution in [0.25, 0.3) is 0 Å². The first kappa shape index (κ1) is 14.3. The molecule has 1 aromatic rings. The van der Waals surface area contributed by atoms with Crippen LogP contribution in [-0.2, 0) is 0 Å². The lowest BCUT2D eigenvalue weighted by atomic mass is 9.96. The van der Waals surface area contributed by atoms with Crippen LogP contribution in [0.2, 0.25) is 0 Å². The van der Waals surface area contributed by atoms with Crippen LogP contribution in [-0.4, -0.2) is 12.0 Å². The number of hydrazine groups is 1. The van der Waals surface area contributed by atoms with Crippen LogP contribution in [0.1, 0.15) is 37.7 Å². The first-order valence-electron chi connectivity index (χ1n) is 6.76. The van der Waals surface area contributed by atoms with Gasteiger partial charge in [0.1, 0.15) is 0 Å². The fourth-order valence-electron chi connectivity index (χ4n) is 2.31. The Morgan fingerprint density at radius 3 is 2.68 bits per heavy atom. The van der Waals surface area contributed by atoms with E-state index in [1.807, 2.05) is 12.1 Å². The second-order valence-electron chi connectivity index (χ2n) is 5.00. The maximum Gasteiger partial charge on any atom is 0.210 e. The first-order chi connectivity index (χ1) is 9.19. The number of benzene rings is 1. The van der Waals surface area contributed by atoms with Gasteiger partial charge in [-0.25, -0.2) is 10.8 Å². The van der Waals surface area contributed by atoms with Crippen LogP contribution in [0.3, 0.4) is 0 Å². The van der Waals surface area contributed by atoms with Crippen LogP contribution in [0, 0.1) is 6.92 Å². The highest BCUT2D eigenvalue weighted by Gasteiger charge is 2.13. The Morgan fingerprint density at radius 1 is 1.32 bits per heavy atom. The number of aliphatic imine (C=N–C) groups is 1. The Morgan fingerprint density at radius 2 is 2.05 bits per heavy atom. The lowest BCUT2D eigenvalue weighted by Crippen LogP contribution is -2.37. The number of rotatable bonds is 2. The molecule has 19 heavy (non-hydrogen) atoms. The van der Waals surface area contributed by atoms with Crippen LogP contribution in [0.4, 0.5) is 5.69 Å². The number of nitrogens with one attached hydrogen (secondary N) is 2. The molecule has 0 aromatic heterocycles. The fraction of sp³-hybridized carbons (Fsp3) is 0.500. The highest BCUT2D eigenvalue weighted by molar-refractivity contribution is 9.10. The van der Waals surface area contributed by atoms with E-state index in [1.54, 1.807) is 0 Å². The van der Waals surface area contributed by atoms with Gasteiger partial charge in [-0.05, 0) is 37.5 Å². The first-order valence-corrected chi connectivity index (χ1v) is 7.56. The van der Waals surface area contributed by atoms with E-state index >= 15 is 0 Å². The molecule has 0 heterocycles. The minimum Gasteiger partial charge on any atom is -0.325 e. The van der Waals surface area contributed by atoms with Gasteiger partial charge in [-0.3, -0.25) is 5.43 Å². The monoisotopic (exact) mass is 324 g/mol. The molecule has 0 saturated heterocycles. The molecular weight excluding hydrogens is 304 g/mol. The van der Waals surface area contributed by atoms with Gasteiger partial charge in [0.05, 0.1) is 6.04 Å². The van der Waals surface area contributed by atoms with Crippen LogP contribution in [0.5, 0.6) is 0 Å².